The molecular formula is C21H43N9O6. The lowest BCUT2D eigenvalue weighted by Crippen LogP contribution is -2.58. The summed E-state index contributed by atoms with van der Waals surface area (Å²) in [6, 6.07) is -4.59. The highest BCUT2D eigenvalue weighted by atomic mass is 16.4. The largest absolute Gasteiger partial charge is 0.480 e. The van der Waals surface area contributed by atoms with Crippen LogP contribution in [0.25, 0.3) is 0 Å². The number of aliphatic imine (C=N–C) groups is 1. The highest BCUT2D eigenvalue weighted by Gasteiger charge is 2.29. The number of carboxylic acid groups (broad SMARTS) is 1. The fourth-order valence-electron chi connectivity index (χ4n) is 3.18. The molecule has 0 aromatic rings. The Balaban J connectivity index is 5.15. The van der Waals surface area contributed by atoms with E-state index in [4.69, 9.17) is 28.7 Å². The maximum absolute atomic E-state index is 12.9. The Morgan fingerprint density at radius 3 is 1.72 bits per heavy atom. The Bertz CT molecular complexity index is 718. The molecule has 0 spiro atoms. The van der Waals surface area contributed by atoms with Crippen molar-refractivity contribution in [3.05, 3.63) is 0 Å². The van der Waals surface area contributed by atoms with Crippen LogP contribution in [0.2, 0.25) is 0 Å². The third kappa shape index (κ3) is 14.4. The Morgan fingerprint density at radius 2 is 1.22 bits per heavy atom. The summed E-state index contributed by atoms with van der Waals surface area (Å²) in [5.74, 6) is -3.49. The van der Waals surface area contributed by atoms with Gasteiger partial charge in [0.15, 0.2) is 5.96 Å². The molecule has 0 aliphatic heterocycles. The minimum absolute atomic E-state index is 0.0719. The Labute approximate surface area is 211 Å². The predicted molar refractivity (Wildman–Crippen MR) is 134 cm³/mol. The molecule has 3 amide bonds. The van der Waals surface area contributed by atoms with Gasteiger partial charge in [0.2, 0.25) is 17.7 Å². The second kappa shape index (κ2) is 19.2. The van der Waals surface area contributed by atoms with Gasteiger partial charge >= 0.3 is 5.97 Å². The number of guanidine groups is 1. The van der Waals surface area contributed by atoms with E-state index in [9.17, 15) is 29.4 Å². The van der Waals surface area contributed by atoms with E-state index in [-0.39, 0.29) is 25.2 Å². The van der Waals surface area contributed by atoms with Crippen LogP contribution in [0, 0.1) is 0 Å². The average Bonchev–Trinajstić information content (AvgIpc) is 2.83. The number of aliphatic hydroxyl groups is 1. The molecule has 15 heteroatoms. The van der Waals surface area contributed by atoms with Crippen LogP contribution in [0.4, 0.5) is 0 Å². The van der Waals surface area contributed by atoms with E-state index in [0.29, 0.717) is 51.7 Å². The molecule has 0 radical (unpaired) electrons. The molecule has 0 aliphatic carbocycles. The molecular weight excluding hydrogens is 474 g/mol. The van der Waals surface area contributed by atoms with Crippen molar-refractivity contribution in [3.63, 3.8) is 0 Å². The summed E-state index contributed by atoms with van der Waals surface area (Å²) in [5.41, 5.74) is 27.3. The summed E-state index contributed by atoms with van der Waals surface area (Å²) in [5, 5.41) is 26.2. The monoisotopic (exact) mass is 517 g/mol. The van der Waals surface area contributed by atoms with Crippen LogP contribution < -0.4 is 44.6 Å². The number of nitrogens with zero attached hydrogens (tertiary/aromatic N) is 1. The number of carbonyl (C=O) groups excluding carboxylic acids is 3. The molecule has 0 aromatic heterocycles. The van der Waals surface area contributed by atoms with E-state index in [1.807, 2.05) is 0 Å². The van der Waals surface area contributed by atoms with Gasteiger partial charge in [0, 0.05) is 6.54 Å². The van der Waals surface area contributed by atoms with E-state index in [0.717, 1.165) is 0 Å². The van der Waals surface area contributed by atoms with Crippen LogP contribution in [0.15, 0.2) is 4.99 Å². The van der Waals surface area contributed by atoms with Crippen molar-refractivity contribution in [2.24, 2.45) is 33.7 Å². The van der Waals surface area contributed by atoms with E-state index in [1.165, 1.54) is 0 Å². The summed E-state index contributed by atoms with van der Waals surface area (Å²) >= 11 is 0. The normalized spacial score (nSPS) is 14.1. The van der Waals surface area contributed by atoms with Crippen LogP contribution >= 0.6 is 0 Å². The Kier molecular flexibility index (Phi) is 17.6. The Morgan fingerprint density at radius 1 is 0.722 bits per heavy atom. The molecule has 4 unspecified atom stereocenters. The number of rotatable bonds is 20. The fourth-order valence-corrected chi connectivity index (χ4v) is 3.18. The number of carboxylic acids is 1. The lowest BCUT2D eigenvalue weighted by molar-refractivity contribution is -0.142. The molecule has 0 aromatic carbocycles. The minimum Gasteiger partial charge on any atom is -0.480 e. The number of aliphatic carboxylic acids is 1. The van der Waals surface area contributed by atoms with E-state index < -0.39 is 54.5 Å². The molecule has 15 nitrogen and oxygen atoms in total. The van der Waals surface area contributed by atoms with Crippen LogP contribution in [0.1, 0.15) is 51.4 Å². The van der Waals surface area contributed by atoms with Crippen molar-refractivity contribution in [2.75, 3.05) is 26.2 Å². The van der Waals surface area contributed by atoms with Crippen molar-refractivity contribution in [2.45, 2.75) is 75.5 Å². The lowest BCUT2D eigenvalue weighted by Gasteiger charge is -2.24. The first-order valence-electron chi connectivity index (χ1n) is 12.0. The molecule has 4 atom stereocenters. The summed E-state index contributed by atoms with van der Waals surface area (Å²) in [6.45, 7) is 0.281. The molecule has 0 heterocycles. The van der Waals surface area contributed by atoms with Crippen LogP contribution in [0.5, 0.6) is 0 Å². The molecule has 0 saturated carbocycles. The number of aliphatic hydroxyl groups excluding tert-OH is 1. The zero-order chi connectivity index (χ0) is 27.5. The summed E-state index contributed by atoms with van der Waals surface area (Å²) in [4.78, 5) is 53.2. The number of unbranched alkanes of at least 4 members (excludes halogenated alkanes) is 2. The number of carbonyl (C=O) groups is 4. The first kappa shape index (κ1) is 33.0. The third-order valence-corrected chi connectivity index (χ3v) is 5.26. The molecule has 0 rings (SSSR count). The summed E-state index contributed by atoms with van der Waals surface area (Å²) < 4.78 is 0. The van der Waals surface area contributed by atoms with Crippen molar-refractivity contribution in [1.29, 1.82) is 0 Å². The SMILES string of the molecule is NCCCCC(NC(=O)C(CO)NC(=O)C(CCCCN)NC(=O)C(N)CCCN=C(N)N)C(=O)O. The molecule has 0 aliphatic rings. The standard InChI is InChI=1S/C21H43N9O6/c22-9-3-1-7-14(28-17(32)13(24)6-5-11-27-21(25)26)18(33)30-16(12-31)19(34)29-15(20(35)36)8-2-4-10-23/h13-16,31H,1-12,22-24H2,(H,28,32)(H,29,34)(H,30,33)(H,35,36)(H4,25,26,27). The third-order valence-electron chi connectivity index (χ3n) is 5.26. The number of nitrogens with two attached hydrogens (primary N) is 5. The highest BCUT2D eigenvalue weighted by Crippen LogP contribution is 2.05. The van der Waals surface area contributed by atoms with Gasteiger partial charge in [-0.2, -0.15) is 0 Å². The van der Waals surface area contributed by atoms with Crippen molar-refractivity contribution in [3.8, 4) is 0 Å². The van der Waals surface area contributed by atoms with Gasteiger partial charge in [-0.3, -0.25) is 19.4 Å². The maximum Gasteiger partial charge on any atom is 0.326 e. The fraction of sp³-hybridized carbons (Fsp3) is 0.762. The van der Waals surface area contributed by atoms with Gasteiger partial charge in [0.25, 0.3) is 0 Å². The van der Waals surface area contributed by atoms with E-state index >= 15 is 0 Å². The first-order chi connectivity index (χ1) is 17.1. The smallest absolute Gasteiger partial charge is 0.326 e. The second-order valence-corrected chi connectivity index (χ2v) is 8.33. The second-order valence-electron chi connectivity index (χ2n) is 8.33. The maximum atomic E-state index is 12.9. The predicted octanol–water partition coefficient (Wildman–Crippen LogP) is -3.84. The first-order valence-corrected chi connectivity index (χ1v) is 12.0. The van der Waals surface area contributed by atoms with Gasteiger partial charge in [0.05, 0.1) is 12.6 Å². The van der Waals surface area contributed by atoms with Crippen molar-refractivity contribution in [1.82, 2.24) is 16.0 Å². The van der Waals surface area contributed by atoms with Crippen LogP contribution in [0.3, 0.4) is 0 Å². The number of hydrogen-bond acceptors (Lipinski definition) is 9. The summed E-state index contributed by atoms with van der Waals surface area (Å²) in [6.07, 6.45) is 3.23. The van der Waals surface area contributed by atoms with E-state index in [2.05, 4.69) is 20.9 Å². The lowest BCUT2D eigenvalue weighted by atomic mass is 10.1. The van der Waals surface area contributed by atoms with Gasteiger partial charge in [-0.1, -0.05) is 0 Å². The number of hydrogen-bond donors (Lipinski definition) is 10. The highest BCUT2D eigenvalue weighted by molar-refractivity contribution is 5.94. The molecule has 0 saturated heterocycles. The van der Waals surface area contributed by atoms with E-state index in [1.54, 1.807) is 0 Å². The molecule has 0 fully saturated rings. The van der Waals surface area contributed by atoms with Gasteiger partial charge in [0.1, 0.15) is 18.1 Å². The molecule has 15 N–H and O–H groups in total. The Hall–Kier alpha value is -3.01. The number of amides is 3. The quantitative estimate of drug-likeness (QED) is 0.0423. The van der Waals surface area contributed by atoms with Gasteiger partial charge in [-0.15, -0.1) is 0 Å². The summed E-state index contributed by atoms with van der Waals surface area (Å²) in [7, 11) is 0. The van der Waals surface area contributed by atoms with Crippen molar-refractivity contribution >= 4 is 29.7 Å². The number of nitrogens with one attached hydrogen (secondary N) is 3. The average molecular weight is 518 g/mol. The minimum atomic E-state index is -1.42. The van der Waals surface area contributed by atoms with Gasteiger partial charge in [-0.05, 0) is 64.5 Å². The van der Waals surface area contributed by atoms with Crippen LogP contribution in [-0.4, -0.2) is 90.3 Å². The molecule has 0 bridgehead atoms. The molecule has 36 heavy (non-hydrogen) atoms. The van der Waals surface area contributed by atoms with Gasteiger partial charge in [-0.25, -0.2) is 4.79 Å². The molecule has 208 valence electrons. The zero-order valence-electron chi connectivity index (χ0n) is 20.7. The van der Waals surface area contributed by atoms with Gasteiger partial charge < -0.3 is 54.8 Å². The zero-order valence-corrected chi connectivity index (χ0v) is 20.7. The topological polar surface area (TPSA) is 287 Å². The van der Waals surface area contributed by atoms with Crippen LogP contribution in [-0.2, 0) is 19.2 Å². The van der Waals surface area contributed by atoms with Crippen molar-refractivity contribution < 1.29 is 29.4 Å².